The van der Waals surface area contributed by atoms with Gasteiger partial charge in [0.25, 0.3) is 0 Å². The summed E-state index contributed by atoms with van der Waals surface area (Å²) in [6, 6.07) is 8.30. The van der Waals surface area contributed by atoms with Crippen LogP contribution >= 0.6 is 0 Å². The lowest BCUT2D eigenvalue weighted by atomic mass is 10.1. The first-order valence-electron chi connectivity index (χ1n) is 5.40. The number of carbonyl (C=O) groups excluding carboxylic acids is 1. The van der Waals surface area contributed by atoms with Crippen molar-refractivity contribution in [3.8, 4) is 5.69 Å². The predicted octanol–water partition coefficient (Wildman–Crippen LogP) is 2.18. The van der Waals surface area contributed by atoms with Crippen molar-refractivity contribution < 1.29 is 4.79 Å². The van der Waals surface area contributed by atoms with Gasteiger partial charge in [0.1, 0.15) is 12.1 Å². The molecule has 2 aromatic rings. The number of nitrogens with zero attached hydrogens (tertiary/aromatic N) is 2. The molecule has 0 amide bonds. The van der Waals surface area contributed by atoms with Crippen molar-refractivity contribution in [2.24, 2.45) is 0 Å². The summed E-state index contributed by atoms with van der Waals surface area (Å²) in [4.78, 5) is 14.7. The normalized spacial score (nSPS) is 10.3. The molecule has 0 aliphatic carbocycles. The molecule has 0 saturated heterocycles. The minimum Gasteiger partial charge on any atom is -0.303 e. The highest BCUT2D eigenvalue weighted by Gasteiger charge is 2.03. The van der Waals surface area contributed by atoms with E-state index in [0.717, 1.165) is 24.2 Å². The summed E-state index contributed by atoms with van der Waals surface area (Å²) in [7, 11) is 0. The number of benzene rings is 1. The molecule has 0 N–H and O–H groups in total. The first kappa shape index (κ1) is 10.6. The fourth-order valence-corrected chi connectivity index (χ4v) is 1.69. The van der Waals surface area contributed by atoms with Gasteiger partial charge in [0.2, 0.25) is 0 Å². The van der Waals surface area contributed by atoms with Gasteiger partial charge in [-0.3, -0.25) is 0 Å². The van der Waals surface area contributed by atoms with Crippen LogP contribution in [0.2, 0.25) is 0 Å². The Labute approximate surface area is 94.7 Å². The molecule has 0 spiro atoms. The standard InChI is InChI=1S/C13H14N2O/c1-2-11-3-5-12(6-4-11)15-9-8-14-13(15)7-10-16/h3-6,8-10H,2,7H2,1H3. The molecule has 3 nitrogen and oxygen atoms in total. The maximum Gasteiger partial charge on any atom is 0.127 e. The maximum absolute atomic E-state index is 10.5. The quantitative estimate of drug-likeness (QED) is 0.731. The Morgan fingerprint density at radius 1 is 1.31 bits per heavy atom. The van der Waals surface area contributed by atoms with Crippen LogP contribution in [-0.2, 0) is 17.6 Å². The van der Waals surface area contributed by atoms with E-state index in [4.69, 9.17) is 0 Å². The molecule has 2 rings (SSSR count). The Morgan fingerprint density at radius 3 is 2.69 bits per heavy atom. The van der Waals surface area contributed by atoms with Crippen LogP contribution in [0.25, 0.3) is 5.69 Å². The van der Waals surface area contributed by atoms with E-state index in [1.165, 1.54) is 5.56 Å². The van der Waals surface area contributed by atoms with E-state index in [-0.39, 0.29) is 0 Å². The van der Waals surface area contributed by atoms with Crippen LogP contribution in [0.15, 0.2) is 36.7 Å². The average molecular weight is 214 g/mol. The third kappa shape index (κ3) is 2.03. The highest BCUT2D eigenvalue weighted by atomic mass is 16.1. The second-order valence-corrected chi connectivity index (χ2v) is 3.60. The van der Waals surface area contributed by atoms with Crippen molar-refractivity contribution in [3.63, 3.8) is 0 Å². The zero-order valence-corrected chi connectivity index (χ0v) is 9.26. The Morgan fingerprint density at radius 2 is 2.06 bits per heavy atom. The molecule has 1 aromatic carbocycles. The van der Waals surface area contributed by atoms with Crippen LogP contribution in [-0.4, -0.2) is 15.8 Å². The molecule has 0 aliphatic heterocycles. The zero-order chi connectivity index (χ0) is 11.4. The van der Waals surface area contributed by atoms with Crippen molar-refractivity contribution in [1.29, 1.82) is 0 Å². The molecular formula is C13H14N2O. The summed E-state index contributed by atoms with van der Waals surface area (Å²) in [6.07, 6.45) is 5.85. The van der Waals surface area contributed by atoms with E-state index in [0.29, 0.717) is 6.42 Å². The summed E-state index contributed by atoms with van der Waals surface area (Å²) in [5, 5.41) is 0. The van der Waals surface area contributed by atoms with Gasteiger partial charge in [-0.1, -0.05) is 19.1 Å². The Balaban J connectivity index is 2.34. The van der Waals surface area contributed by atoms with E-state index in [9.17, 15) is 4.79 Å². The van der Waals surface area contributed by atoms with Gasteiger partial charge < -0.3 is 9.36 Å². The molecule has 0 atom stereocenters. The number of aromatic nitrogens is 2. The lowest BCUT2D eigenvalue weighted by molar-refractivity contribution is -0.107. The first-order valence-corrected chi connectivity index (χ1v) is 5.40. The van der Waals surface area contributed by atoms with Gasteiger partial charge in [-0.2, -0.15) is 0 Å². The van der Waals surface area contributed by atoms with Crippen LogP contribution in [0, 0.1) is 0 Å². The number of aldehydes is 1. The van der Waals surface area contributed by atoms with Crippen LogP contribution in [0.3, 0.4) is 0 Å². The van der Waals surface area contributed by atoms with Crippen molar-refractivity contribution in [2.45, 2.75) is 19.8 Å². The lowest BCUT2D eigenvalue weighted by Gasteiger charge is -2.06. The van der Waals surface area contributed by atoms with Gasteiger partial charge in [-0.05, 0) is 24.1 Å². The second kappa shape index (κ2) is 4.75. The van der Waals surface area contributed by atoms with Crippen molar-refractivity contribution >= 4 is 6.29 Å². The Kier molecular flexibility index (Phi) is 3.15. The van der Waals surface area contributed by atoms with Gasteiger partial charge in [0.05, 0.1) is 6.42 Å². The maximum atomic E-state index is 10.5. The molecule has 0 unspecified atom stereocenters. The van der Waals surface area contributed by atoms with Gasteiger partial charge in [-0.25, -0.2) is 4.98 Å². The summed E-state index contributed by atoms with van der Waals surface area (Å²) < 4.78 is 1.94. The van der Waals surface area contributed by atoms with Crippen molar-refractivity contribution in [1.82, 2.24) is 9.55 Å². The first-order chi connectivity index (χ1) is 7.85. The fraction of sp³-hybridized carbons (Fsp3) is 0.231. The smallest absolute Gasteiger partial charge is 0.127 e. The molecule has 3 heteroatoms. The molecule has 0 aliphatic rings. The summed E-state index contributed by atoms with van der Waals surface area (Å²) >= 11 is 0. The number of aryl methyl sites for hydroxylation is 1. The van der Waals surface area contributed by atoms with E-state index < -0.39 is 0 Å². The lowest BCUT2D eigenvalue weighted by Crippen LogP contribution is -2.01. The van der Waals surface area contributed by atoms with Gasteiger partial charge in [0.15, 0.2) is 0 Å². The van der Waals surface area contributed by atoms with E-state index >= 15 is 0 Å². The van der Waals surface area contributed by atoms with E-state index in [1.54, 1.807) is 6.20 Å². The van der Waals surface area contributed by atoms with Gasteiger partial charge in [0, 0.05) is 18.1 Å². The average Bonchev–Trinajstić information content (AvgIpc) is 2.78. The SMILES string of the molecule is CCc1ccc(-n2ccnc2CC=O)cc1. The van der Waals surface area contributed by atoms with Crippen LogP contribution in [0.5, 0.6) is 0 Å². The largest absolute Gasteiger partial charge is 0.303 e. The minimum absolute atomic E-state index is 0.350. The molecule has 0 saturated carbocycles. The number of carbonyl (C=O) groups is 1. The summed E-state index contributed by atoms with van der Waals surface area (Å²) in [5.74, 6) is 0.777. The summed E-state index contributed by atoms with van der Waals surface area (Å²) in [5.41, 5.74) is 2.35. The molecule has 0 radical (unpaired) electrons. The summed E-state index contributed by atoms with van der Waals surface area (Å²) in [6.45, 7) is 2.13. The molecule has 1 heterocycles. The van der Waals surface area contributed by atoms with E-state index in [1.807, 2.05) is 10.8 Å². The molecule has 0 bridgehead atoms. The van der Waals surface area contributed by atoms with Crippen molar-refractivity contribution in [2.75, 3.05) is 0 Å². The van der Waals surface area contributed by atoms with Crippen LogP contribution < -0.4 is 0 Å². The number of imidazole rings is 1. The molecular weight excluding hydrogens is 200 g/mol. The zero-order valence-electron chi connectivity index (χ0n) is 9.26. The predicted molar refractivity (Wildman–Crippen MR) is 62.7 cm³/mol. The third-order valence-corrected chi connectivity index (χ3v) is 2.61. The number of hydrogen-bond donors (Lipinski definition) is 0. The fourth-order valence-electron chi connectivity index (χ4n) is 1.69. The molecule has 0 fully saturated rings. The highest BCUT2D eigenvalue weighted by Crippen LogP contribution is 2.12. The topological polar surface area (TPSA) is 34.9 Å². The number of hydrogen-bond acceptors (Lipinski definition) is 2. The Hall–Kier alpha value is -1.90. The minimum atomic E-state index is 0.350. The van der Waals surface area contributed by atoms with E-state index in [2.05, 4.69) is 36.2 Å². The highest BCUT2D eigenvalue weighted by molar-refractivity contribution is 5.53. The molecule has 82 valence electrons. The van der Waals surface area contributed by atoms with Crippen molar-refractivity contribution in [3.05, 3.63) is 48.0 Å². The van der Waals surface area contributed by atoms with Crippen LogP contribution in [0.1, 0.15) is 18.3 Å². The van der Waals surface area contributed by atoms with Gasteiger partial charge >= 0.3 is 0 Å². The monoisotopic (exact) mass is 214 g/mol. The van der Waals surface area contributed by atoms with Gasteiger partial charge in [-0.15, -0.1) is 0 Å². The number of rotatable bonds is 4. The third-order valence-electron chi connectivity index (χ3n) is 2.61. The molecule has 16 heavy (non-hydrogen) atoms. The molecule has 1 aromatic heterocycles. The Bertz CT molecular complexity index is 471. The van der Waals surface area contributed by atoms with Crippen LogP contribution in [0.4, 0.5) is 0 Å². The second-order valence-electron chi connectivity index (χ2n) is 3.60.